The van der Waals surface area contributed by atoms with Crippen molar-refractivity contribution in [2.75, 3.05) is 19.7 Å². The molecule has 0 saturated heterocycles. The van der Waals surface area contributed by atoms with Gasteiger partial charge in [0.1, 0.15) is 12.4 Å². The zero-order chi connectivity index (χ0) is 19.2. The first-order valence-electron chi connectivity index (χ1n) is 8.79. The van der Waals surface area contributed by atoms with Gasteiger partial charge in [0.05, 0.1) is 6.54 Å². The largest absolute Gasteiger partial charge is 0.486 e. The molecule has 1 unspecified atom stereocenters. The van der Waals surface area contributed by atoms with E-state index >= 15 is 0 Å². The Morgan fingerprint density at radius 1 is 1.22 bits per heavy atom. The molecule has 0 saturated carbocycles. The van der Waals surface area contributed by atoms with Crippen molar-refractivity contribution in [3.8, 4) is 17.2 Å². The molecule has 5 nitrogen and oxygen atoms in total. The molecule has 2 aromatic carbocycles. The van der Waals surface area contributed by atoms with Crippen LogP contribution in [0, 0.1) is 0 Å². The number of fused-ring (bicyclic) bond motifs is 1. The number of carbonyl (C=O) groups is 1. The van der Waals surface area contributed by atoms with Crippen LogP contribution in [0.3, 0.4) is 0 Å². The van der Waals surface area contributed by atoms with E-state index in [9.17, 15) is 13.6 Å². The third kappa shape index (κ3) is 4.87. The highest BCUT2D eigenvalue weighted by molar-refractivity contribution is 5.94. The van der Waals surface area contributed by atoms with Crippen LogP contribution in [-0.2, 0) is 0 Å². The number of hydrogen-bond acceptors (Lipinski definition) is 4. The molecule has 1 aliphatic heterocycles. The van der Waals surface area contributed by atoms with Gasteiger partial charge in [-0.3, -0.25) is 4.79 Å². The van der Waals surface area contributed by atoms with Crippen LogP contribution in [0.5, 0.6) is 17.2 Å². The van der Waals surface area contributed by atoms with Crippen LogP contribution >= 0.6 is 0 Å². The maximum Gasteiger partial charge on any atom is 0.387 e. The third-order valence-electron chi connectivity index (χ3n) is 4.08. The predicted octanol–water partition coefficient (Wildman–Crippen LogP) is 3.98. The molecule has 7 heteroatoms. The lowest BCUT2D eigenvalue weighted by molar-refractivity contribution is -0.0499. The average molecular weight is 377 g/mol. The fourth-order valence-corrected chi connectivity index (χ4v) is 2.93. The summed E-state index contributed by atoms with van der Waals surface area (Å²) in [6.45, 7) is 0.208. The lowest BCUT2D eigenvalue weighted by Crippen LogP contribution is -2.44. The van der Waals surface area contributed by atoms with Crippen LogP contribution in [0.4, 0.5) is 8.78 Å². The van der Waals surface area contributed by atoms with Gasteiger partial charge in [-0.05, 0) is 36.8 Å². The Balaban J connectivity index is 1.71. The minimum absolute atomic E-state index is 0.0431. The maximum absolute atomic E-state index is 12.9. The summed E-state index contributed by atoms with van der Waals surface area (Å²) in [4.78, 5) is 14.5. The van der Waals surface area contributed by atoms with Crippen molar-refractivity contribution in [3.05, 3.63) is 54.1 Å². The molecule has 1 atom stereocenters. The summed E-state index contributed by atoms with van der Waals surface area (Å²) < 4.78 is 40.8. The summed E-state index contributed by atoms with van der Waals surface area (Å²) in [5.41, 5.74) is 0.290. The summed E-state index contributed by atoms with van der Waals surface area (Å²) in [7, 11) is 0. The third-order valence-corrected chi connectivity index (χ3v) is 4.08. The molecule has 1 amide bonds. The van der Waals surface area contributed by atoms with E-state index in [1.54, 1.807) is 11.0 Å². The second kappa shape index (κ2) is 8.70. The van der Waals surface area contributed by atoms with Crippen molar-refractivity contribution in [1.29, 1.82) is 0 Å². The minimum Gasteiger partial charge on any atom is -0.486 e. The number of carbonyl (C=O) groups excluding carboxylic acids is 1. The smallest absolute Gasteiger partial charge is 0.387 e. The van der Waals surface area contributed by atoms with Gasteiger partial charge in [0.15, 0.2) is 17.6 Å². The molecular formula is C20H21F2NO4. The second-order valence-corrected chi connectivity index (χ2v) is 6.16. The van der Waals surface area contributed by atoms with Gasteiger partial charge in [-0.1, -0.05) is 25.1 Å². The average Bonchev–Trinajstić information content (AvgIpc) is 2.66. The summed E-state index contributed by atoms with van der Waals surface area (Å²) >= 11 is 0. The van der Waals surface area contributed by atoms with Gasteiger partial charge in [0.2, 0.25) is 0 Å². The first-order chi connectivity index (χ1) is 13.1. The van der Waals surface area contributed by atoms with Gasteiger partial charge in [0.25, 0.3) is 5.91 Å². The summed E-state index contributed by atoms with van der Waals surface area (Å²) in [5, 5.41) is 0. The van der Waals surface area contributed by atoms with Gasteiger partial charge in [-0.2, -0.15) is 8.78 Å². The fourth-order valence-electron chi connectivity index (χ4n) is 2.93. The number of amides is 1. The van der Waals surface area contributed by atoms with Crippen LogP contribution in [0.1, 0.15) is 23.7 Å². The predicted molar refractivity (Wildman–Crippen MR) is 95.6 cm³/mol. The van der Waals surface area contributed by atoms with Gasteiger partial charge < -0.3 is 19.1 Å². The standard InChI is InChI=1S/C20H21F2NO4/c1-2-10-23(12-16-13-25-17-8-3-4-9-18(17)26-16)19(24)14-6-5-7-15(11-14)27-20(21)22/h3-9,11,16,20H,2,10,12-13H2,1H3. The van der Waals surface area contributed by atoms with Crippen LogP contribution < -0.4 is 14.2 Å². The molecule has 0 radical (unpaired) electrons. The lowest BCUT2D eigenvalue weighted by atomic mass is 10.1. The molecule has 0 aliphatic carbocycles. The normalized spacial score (nSPS) is 15.5. The molecule has 27 heavy (non-hydrogen) atoms. The van der Waals surface area contributed by atoms with E-state index in [4.69, 9.17) is 9.47 Å². The molecule has 2 aromatic rings. The van der Waals surface area contributed by atoms with E-state index < -0.39 is 6.61 Å². The number of para-hydroxylation sites is 2. The number of halogens is 2. The van der Waals surface area contributed by atoms with Crippen LogP contribution in [0.15, 0.2) is 48.5 Å². The maximum atomic E-state index is 12.9. The molecule has 0 fully saturated rings. The molecule has 1 heterocycles. The van der Waals surface area contributed by atoms with Crippen molar-refractivity contribution in [2.24, 2.45) is 0 Å². The van der Waals surface area contributed by atoms with Gasteiger partial charge in [-0.15, -0.1) is 0 Å². The van der Waals surface area contributed by atoms with E-state index in [1.165, 1.54) is 18.2 Å². The number of ether oxygens (including phenoxy) is 3. The monoisotopic (exact) mass is 377 g/mol. The molecule has 0 bridgehead atoms. The summed E-state index contributed by atoms with van der Waals surface area (Å²) in [6, 6.07) is 13.2. The van der Waals surface area contributed by atoms with Gasteiger partial charge in [-0.25, -0.2) is 0 Å². The number of benzene rings is 2. The number of alkyl halides is 2. The lowest BCUT2D eigenvalue weighted by Gasteiger charge is -2.31. The first-order valence-corrected chi connectivity index (χ1v) is 8.79. The zero-order valence-corrected chi connectivity index (χ0v) is 14.9. The highest BCUT2D eigenvalue weighted by Gasteiger charge is 2.26. The Kier molecular flexibility index (Phi) is 6.11. The highest BCUT2D eigenvalue weighted by Crippen LogP contribution is 2.31. The highest BCUT2D eigenvalue weighted by atomic mass is 19.3. The molecule has 1 aliphatic rings. The Hall–Kier alpha value is -2.83. The Morgan fingerprint density at radius 3 is 2.74 bits per heavy atom. The van der Waals surface area contributed by atoms with Crippen molar-refractivity contribution in [2.45, 2.75) is 26.1 Å². The van der Waals surface area contributed by atoms with Gasteiger partial charge >= 0.3 is 6.61 Å². The van der Waals surface area contributed by atoms with E-state index in [0.29, 0.717) is 36.8 Å². The Morgan fingerprint density at radius 2 is 2.00 bits per heavy atom. The summed E-state index contributed by atoms with van der Waals surface area (Å²) in [5.74, 6) is 1.02. The molecule has 144 valence electrons. The number of rotatable bonds is 7. The minimum atomic E-state index is -2.94. The summed E-state index contributed by atoms with van der Waals surface area (Å²) in [6.07, 6.45) is 0.444. The molecule has 0 aromatic heterocycles. The van der Waals surface area contributed by atoms with E-state index in [1.807, 2.05) is 31.2 Å². The first kappa shape index (κ1) is 18.9. The topological polar surface area (TPSA) is 48.0 Å². The number of hydrogen-bond donors (Lipinski definition) is 0. The molecule has 0 spiro atoms. The van der Waals surface area contributed by atoms with Crippen LogP contribution in [0.25, 0.3) is 0 Å². The fraction of sp³-hybridized carbons (Fsp3) is 0.350. The van der Waals surface area contributed by atoms with Crippen LogP contribution in [0.2, 0.25) is 0 Å². The Bertz CT molecular complexity index is 784. The van der Waals surface area contributed by atoms with E-state index in [2.05, 4.69) is 4.74 Å². The molecular weight excluding hydrogens is 356 g/mol. The number of nitrogens with zero attached hydrogens (tertiary/aromatic N) is 1. The van der Waals surface area contributed by atoms with Crippen molar-refractivity contribution in [1.82, 2.24) is 4.90 Å². The quantitative estimate of drug-likeness (QED) is 0.732. The molecule has 3 rings (SSSR count). The van der Waals surface area contributed by atoms with Gasteiger partial charge in [0, 0.05) is 12.1 Å². The SMILES string of the molecule is CCCN(CC1COc2ccccc2O1)C(=O)c1cccc(OC(F)F)c1. The Labute approximate surface area is 156 Å². The second-order valence-electron chi connectivity index (χ2n) is 6.16. The van der Waals surface area contributed by atoms with Crippen LogP contribution in [-0.4, -0.2) is 43.2 Å². The molecule has 0 N–H and O–H groups in total. The van der Waals surface area contributed by atoms with Crippen molar-refractivity contribution < 1.29 is 27.8 Å². The van der Waals surface area contributed by atoms with Crippen molar-refractivity contribution >= 4 is 5.91 Å². The van der Waals surface area contributed by atoms with Crippen molar-refractivity contribution in [3.63, 3.8) is 0 Å². The van der Waals surface area contributed by atoms with E-state index in [0.717, 1.165) is 6.42 Å². The van der Waals surface area contributed by atoms with E-state index in [-0.39, 0.29) is 17.8 Å². The zero-order valence-electron chi connectivity index (χ0n) is 14.9.